The van der Waals surface area contributed by atoms with Gasteiger partial charge in [0.2, 0.25) is 0 Å². The van der Waals surface area contributed by atoms with E-state index in [1.54, 1.807) is 5.01 Å². The van der Waals surface area contributed by atoms with E-state index < -0.39 is 0 Å². The second-order valence-electron chi connectivity index (χ2n) is 10.0. The van der Waals surface area contributed by atoms with Crippen molar-refractivity contribution < 1.29 is 0 Å². The van der Waals surface area contributed by atoms with E-state index in [0.29, 0.717) is 0 Å². The van der Waals surface area contributed by atoms with Crippen LogP contribution in [-0.4, -0.2) is 12.4 Å². The van der Waals surface area contributed by atoms with Crippen molar-refractivity contribution in [3.8, 4) is 0 Å². The summed E-state index contributed by atoms with van der Waals surface area (Å²) in [6.45, 7) is 0. The van der Waals surface area contributed by atoms with Crippen LogP contribution in [0.1, 0.15) is 11.1 Å². The fourth-order valence-electron chi connectivity index (χ4n) is 4.68. The molecule has 0 spiro atoms. The lowest BCUT2D eigenvalue weighted by Gasteiger charge is -2.20. The van der Waals surface area contributed by atoms with Crippen LogP contribution in [0, 0.1) is 0 Å². The maximum Gasteiger partial charge on any atom is 0.0652 e. The van der Waals surface area contributed by atoms with Gasteiger partial charge in [-0.25, -0.2) is 15.9 Å². The molecule has 0 atom stereocenters. The molecule has 0 radical (unpaired) electrons. The van der Waals surface area contributed by atoms with Crippen molar-refractivity contribution in [1.82, 2.24) is 0 Å². The number of anilines is 6. The monoisotopic (exact) mass is 572 g/mol. The fourth-order valence-corrected chi connectivity index (χ4v) is 4.68. The number of hydrazone groups is 2. The number of rotatable bonds is 10. The summed E-state index contributed by atoms with van der Waals surface area (Å²) >= 11 is 0. The molecule has 0 aliphatic rings. The maximum absolute atomic E-state index is 6.51. The highest BCUT2D eigenvalue weighted by molar-refractivity contribution is 5.84. The van der Waals surface area contributed by atoms with Crippen LogP contribution in [0.2, 0.25) is 0 Å². The average molecular weight is 573 g/mol. The van der Waals surface area contributed by atoms with Gasteiger partial charge < -0.3 is 0 Å². The quantitative estimate of drug-likeness (QED) is 0.101. The van der Waals surface area contributed by atoms with Gasteiger partial charge in [0.25, 0.3) is 0 Å². The van der Waals surface area contributed by atoms with Gasteiger partial charge in [0.15, 0.2) is 0 Å². The van der Waals surface area contributed by atoms with E-state index in [2.05, 4.69) is 0 Å². The highest BCUT2D eigenvalue weighted by Crippen LogP contribution is 2.27. The molecule has 214 valence electrons. The van der Waals surface area contributed by atoms with Gasteiger partial charge in [-0.2, -0.15) is 10.2 Å². The first-order valence-electron chi connectivity index (χ1n) is 14.4. The summed E-state index contributed by atoms with van der Waals surface area (Å²) < 4.78 is 0. The van der Waals surface area contributed by atoms with Gasteiger partial charge in [-0.15, -0.1) is 0 Å². The van der Waals surface area contributed by atoms with Gasteiger partial charge in [-0.05, 0) is 83.9 Å². The normalized spacial score (nSPS) is 11.1. The first-order chi connectivity index (χ1) is 21.7. The predicted molar refractivity (Wildman–Crippen MR) is 184 cm³/mol. The molecule has 6 heteroatoms. The summed E-state index contributed by atoms with van der Waals surface area (Å²) in [4.78, 5) is 0. The van der Waals surface area contributed by atoms with E-state index in [0.717, 1.165) is 45.3 Å². The Morgan fingerprint density at radius 3 is 0.886 bits per heavy atom. The number of nitrogens with two attached hydrogens (primary N) is 1. The van der Waals surface area contributed by atoms with E-state index in [1.807, 2.05) is 192 Å². The number of benzene rings is 6. The Balaban J connectivity index is 1.15. The van der Waals surface area contributed by atoms with Crippen LogP contribution < -0.4 is 20.9 Å². The van der Waals surface area contributed by atoms with Crippen LogP contribution in [0.15, 0.2) is 180 Å². The molecular weight excluding hydrogens is 540 g/mol. The molecule has 0 saturated carbocycles. The topological polar surface area (TPSA) is 60.5 Å². The van der Waals surface area contributed by atoms with E-state index in [9.17, 15) is 0 Å². The molecule has 0 amide bonds. The zero-order valence-corrected chi connectivity index (χ0v) is 24.1. The Bertz CT molecular complexity index is 1570. The number of hydrazine groups is 1. The van der Waals surface area contributed by atoms with E-state index >= 15 is 0 Å². The van der Waals surface area contributed by atoms with Gasteiger partial charge in [0.05, 0.1) is 46.6 Å². The van der Waals surface area contributed by atoms with Gasteiger partial charge >= 0.3 is 0 Å². The van der Waals surface area contributed by atoms with E-state index in [1.165, 1.54) is 0 Å². The molecule has 0 saturated heterocycles. The summed E-state index contributed by atoms with van der Waals surface area (Å²) in [5.41, 5.74) is 7.61. The minimum absolute atomic E-state index is 0.867. The second-order valence-corrected chi connectivity index (χ2v) is 10.0. The molecule has 0 aliphatic carbocycles. The van der Waals surface area contributed by atoms with Gasteiger partial charge in [-0.3, -0.25) is 5.01 Å². The third-order valence-corrected chi connectivity index (χ3v) is 6.99. The van der Waals surface area contributed by atoms with Crippen molar-refractivity contribution >= 4 is 46.6 Å². The smallest absolute Gasteiger partial charge is 0.0652 e. The van der Waals surface area contributed by atoms with Crippen LogP contribution in [0.3, 0.4) is 0 Å². The van der Waals surface area contributed by atoms with Crippen molar-refractivity contribution in [2.45, 2.75) is 0 Å². The van der Waals surface area contributed by atoms with Gasteiger partial charge in [0.1, 0.15) is 0 Å². The summed E-state index contributed by atoms with van der Waals surface area (Å²) in [5.74, 6) is 6.51. The molecule has 0 unspecified atom stereocenters. The molecule has 0 fully saturated rings. The zero-order valence-electron chi connectivity index (χ0n) is 24.1. The fraction of sp³-hybridized carbons (Fsp3) is 0. The summed E-state index contributed by atoms with van der Waals surface area (Å²) in [5, 5.41) is 15.1. The predicted octanol–water partition coefficient (Wildman–Crippen LogP) is 9.04. The average Bonchev–Trinajstić information content (AvgIpc) is 3.11. The van der Waals surface area contributed by atoms with E-state index in [-0.39, 0.29) is 0 Å². The molecule has 0 bridgehead atoms. The minimum atomic E-state index is 0.867. The SMILES string of the molecule is NN(c1ccc(/C=N/N(c2ccccc2)c2ccccc2)cc1)c1ccc(/C=N/N(c2ccccc2)c2ccccc2)cc1. The third kappa shape index (κ3) is 6.90. The summed E-state index contributed by atoms with van der Waals surface area (Å²) in [6, 6.07) is 56.4. The van der Waals surface area contributed by atoms with E-state index in [4.69, 9.17) is 16.0 Å². The molecule has 6 aromatic carbocycles. The van der Waals surface area contributed by atoms with Crippen molar-refractivity contribution in [2.75, 3.05) is 15.0 Å². The van der Waals surface area contributed by atoms with Crippen molar-refractivity contribution in [3.05, 3.63) is 181 Å². The Morgan fingerprint density at radius 1 is 0.341 bits per heavy atom. The van der Waals surface area contributed by atoms with Gasteiger partial charge in [0, 0.05) is 0 Å². The zero-order chi connectivity index (χ0) is 30.0. The molecular formula is C38H32N6. The summed E-state index contributed by atoms with van der Waals surface area (Å²) in [6.07, 6.45) is 3.71. The number of hydrogen-bond donors (Lipinski definition) is 1. The van der Waals surface area contributed by atoms with Crippen molar-refractivity contribution in [2.24, 2.45) is 16.0 Å². The first kappa shape index (κ1) is 28.2. The molecule has 2 N–H and O–H groups in total. The van der Waals surface area contributed by atoms with Crippen LogP contribution in [0.4, 0.5) is 34.1 Å². The Labute approximate surface area is 258 Å². The minimum Gasteiger partial charge on any atom is -0.280 e. The number of para-hydroxylation sites is 4. The Hall–Kier alpha value is -5.98. The lowest BCUT2D eigenvalue weighted by Crippen LogP contribution is -2.24. The second kappa shape index (κ2) is 13.8. The lowest BCUT2D eigenvalue weighted by atomic mass is 10.2. The first-order valence-corrected chi connectivity index (χ1v) is 14.4. The van der Waals surface area contributed by atoms with Crippen LogP contribution in [0.5, 0.6) is 0 Å². The number of nitrogens with zero attached hydrogens (tertiary/aromatic N) is 5. The molecule has 44 heavy (non-hydrogen) atoms. The molecule has 0 heterocycles. The Morgan fingerprint density at radius 2 is 0.614 bits per heavy atom. The molecule has 6 aromatic rings. The lowest BCUT2D eigenvalue weighted by molar-refractivity contribution is 1.08. The standard InChI is InChI=1S/C38H32N6/c39-42(33-25-21-31(22-26-33)29-40-43(35-13-5-1-6-14-35)36-15-7-2-8-16-36)34-27-23-32(24-28-34)30-41-44(37-17-9-3-10-18-37)38-19-11-4-12-20-38/h1-30H,39H2/b40-29+,41-30+. The highest BCUT2D eigenvalue weighted by Gasteiger charge is 2.09. The Kier molecular flexibility index (Phi) is 8.82. The number of hydrogen-bond acceptors (Lipinski definition) is 6. The van der Waals surface area contributed by atoms with Crippen molar-refractivity contribution in [3.63, 3.8) is 0 Å². The molecule has 6 rings (SSSR count). The van der Waals surface area contributed by atoms with Gasteiger partial charge in [-0.1, -0.05) is 97.1 Å². The van der Waals surface area contributed by atoms with Crippen LogP contribution in [-0.2, 0) is 0 Å². The summed E-state index contributed by atoms with van der Waals surface area (Å²) in [7, 11) is 0. The van der Waals surface area contributed by atoms with Crippen molar-refractivity contribution in [1.29, 1.82) is 0 Å². The largest absolute Gasteiger partial charge is 0.280 e. The third-order valence-electron chi connectivity index (χ3n) is 6.99. The maximum atomic E-state index is 6.51. The molecule has 0 aromatic heterocycles. The molecule has 0 aliphatic heterocycles. The molecule has 6 nitrogen and oxygen atoms in total. The van der Waals surface area contributed by atoms with Crippen LogP contribution >= 0.6 is 0 Å². The highest BCUT2D eigenvalue weighted by atomic mass is 15.5. The van der Waals surface area contributed by atoms with Crippen LogP contribution in [0.25, 0.3) is 0 Å².